The number of carbonyl (C=O) groups excluding carboxylic acids is 1. The van der Waals surface area contributed by atoms with Crippen molar-refractivity contribution in [3.63, 3.8) is 0 Å². The lowest BCUT2D eigenvalue weighted by atomic mass is 10.0. The molecule has 3 heteroatoms. The monoisotopic (exact) mass is 651 g/mol. The number of aliphatic hydroxyl groups excluding tert-OH is 1. The molecular formula is C43H86O3. The van der Waals surface area contributed by atoms with Crippen molar-refractivity contribution in [3.8, 4) is 0 Å². The second kappa shape index (κ2) is 40.6. The Morgan fingerprint density at radius 2 is 0.652 bits per heavy atom. The van der Waals surface area contributed by atoms with Gasteiger partial charge in [-0.2, -0.15) is 0 Å². The molecule has 1 atom stereocenters. The van der Waals surface area contributed by atoms with Gasteiger partial charge in [-0.25, -0.2) is 0 Å². The summed E-state index contributed by atoms with van der Waals surface area (Å²) in [5.74, 6) is 0.0189. The van der Waals surface area contributed by atoms with Crippen molar-refractivity contribution in [1.82, 2.24) is 0 Å². The fraction of sp³-hybridized carbons (Fsp3) is 0.977. The highest BCUT2D eigenvalue weighted by atomic mass is 16.5. The van der Waals surface area contributed by atoms with E-state index >= 15 is 0 Å². The van der Waals surface area contributed by atoms with Crippen molar-refractivity contribution in [3.05, 3.63) is 0 Å². The molecule has 0 heterocycles. The third-order valence-corrected chi connectivity index (χ3v) is 10.1. The molecular weight excluding hydrogens is 564 g/mol. The van der Waals surface area contributed by atoms with E-state index in [9.17, 15) is 9.90 Å². The van der Waals surface area contributed by atoms with Crippen molar-refractivity contribution < 1.29 is 14.6 Å². The van der Waals surface area contributed by atoms with Crippen LogP contribution in [0.15, 0.2) is 0 Å². The third-order valence-electron chi connectivity index (χ3n) is 10.1. The molecule has 1 N–H and O–H groups in total. The second-order valence-electron chi connectivity index (χ2n) is 14.9. The molecule has 1 unspecified atom stereocenters. The zero-order valence-corrected chi connectivity index (χ0v) is 31.9. The van der Waals surface area contributed by atoms with Gasteiger partial charge < -0.3 is 9.84 Å². The van der Waals surface area contributed by atoms with Crippen molar-refractivity contribution in [2.75, 3.05) is 6.61 Å². The molecule has 0 aromatic rings. The van der Waals surface area contributed by atoms with Crippen LogP contribution in [0.3, 0.4) is 0 Å². The van der Waals surface area contributed by atoms with Crippen molar-refractivity contribution >= 4 is 5.97 Å². The van der Waals surface area contributed by atoms with E-state index in [0.717, 1.165) is 25.7 Å². The molecule has 0 aliphatic heterocycles. The summed E-state index contributed by atoms with van der Waals surface area (Å²) < 4.78 is 5.41. The van der Waals surface area contributed by atoms with Crippen molar-refractivity contribution in [1.29, 1.82) is 0 Å². The maximum Gasteiger partial charge on any atom is 0.305 e. The summed E-state index contributed by atoms with van der Waals surface area (Å²) in [6, 6.07) is 0. The van der Waals surface area contributed by atoms with E-state index in [2.05, 4.69) is 13.8 Å². The first kappa shape index (κ1) is 45.4. The molecule has 3 nitrogen and oxygen atoms in total. The van der Waals surface area contributed by atoms with Gasteiger partial charge in [0, 0.05) is 6.42 Å². The van der Waals surface area contributed by atoms with Gasteiger partial charge in [0.15, 0.2) is 0 Å². The van der Waals surface area contributed by atoms with E-state index in [0.29, 0.717) is 13.0 Å². The van der Waals surface area contributed by atoms with Crippen LogP contribution in [0.25, 0.3) is 0 Å². The smallest absolute Gasteiger partial charge is 0.305 e. The lowest BCUT2D eigenvalue weighted by molar-refractivity contribution is -0.143. The molecule has 0 saturated carbocycles. The Bertz CT molecular complexity index is 562. The van der Waals surface area contributed by atoms with Crippen LogP contribution in [-0.4, -0.2) is 23.8 Å². The number of esters is 1. The maximum absolute atomic E-state index is 11.9. The van der Waals surface area contributed by atoms with Gasteiger partial charge in [0.05, 0.1) is 12.7 Å². The van der Waals surface area contributed by atoms with E-state index in [1.54, 1.807) is 0 Å². The number of hydrogen-bond donors (Lipinski definition) is 1. The number of carbonyl (C=O) groups is 1. The van der Waals surface area contributed by atoms with Gasteiger partial charge in [0.2, 0.25) is 0 Å². The molecule has 0 bridgehead atoms. The van der Waals surface area contributed by atoms with Gasteiger partial charge in [-0.15, -0.1) is 0 Å². The van der Waals surface area contributed by atoms with Crippen LogP contribution in [0.1, 0.15) is 258 Å². The van der Waals surface area contributed by atoms with Gasteiger partial charge in [-0.3, -0.25) is 4.79 Å². The van der Waals surface area contributed by atoms with Gasteiger partial charge in [0.25, 0.3) is 0 Å². The molecule has 276 valence electrons. The minimum Gasteiger partial charge on any atom is -0.466 e. The summed E-state index contributed by atoms with van der Waals surface area (Å²) >= 11 is 0. The predicted molar refractivity (Wildman–Crippen MR) is 204 cm³/mol. The molecule has 46 heavy (non-hydrogen) atoms. The predicted octanol–water partition coefficient (Wildman–Crippen LogP) is 14.8. The zero-order chi connectivity index (χ0) is 33.4. The molecule has 0 rings (SSSR count). The largest absolute Gasteiger partial charge is 0.466 e. The fourth-order valence-corrected chi connectivity index (χ4v) is 6.81. The van der Waals surface area contributed by atoms with Crippen LogP contribution >= 0.6 is 0 Å². The average molecular weight is 651 g/mol. The van der Waals surface area contributed by atoms with Crippen LogP contribution in [0.4, 0.5) is 0 Å². The van der Waals surface area contributed by atoms with E-state index < -0.39 is 0 Å². The van der Waals surface area contributed by atoms with Crippen LogP contribution in [0.5, 0.6) is 0 Å². The Kier molecular flexibility index (Phi) is 40.1. The molecule has 0 radical (unpaired) electrons. The number of rotatable bonds is 40. The summed E-state index contributed by atoms with van der Waals surface area (Å²) in [6.07, 6.45) is 49.3. The average Bonchev–Trinajstić information content (AvgIpc) is 3.05. The Balaban J connectivity index is 3.17. The lowest BCUT2D eigenvalue weighted by Gasteiger charge is -2.10. The van der Waals surface area contributed by atoms with Crippen molar-refractivity contribution in [2.24, 2.45) is 0 Å². The van der Waals surface area contributed by atoms with E-state index in [1.807, 2.05) is 0 Å². The highest BCUT2D eigenvalue weighted by Crippen LogP contribution is 2.17. The van der Waals surface area contributed by atoms with Gasteiger partial charge in [-0.05, 0) is 25.7 Å². The van der Waals surface area contributed by atoms with Gasteiger partial charge in [0.1, 0.15) is 0 Å². The van der Waals surface area contributed by atoms with E-state index in [1.165, 1.54) is 212 Å². The summed E-state index contributed by atoms with van der Waals surface area (Å²) in [5.41, 5.74) is 0. The number of ether oxygens (including phenoxy) is 1. The summed E-state index contributed by atoms with van der Waals surface area (Å²) in [7, 11) is 0. The Morgan fingerprint density at radius 1 is 0.391 bits per heavy atom. The fourth-order valence-electron chi connectivity index (χ4n) is 6.81. The molecule has 0 aromatic heterocycles. The Hall–Kier alpha value is -0.570. The molecule has 0 aliphatic rings. The van der Waals surface area contributed by atoms with E-state index in [-0.39, 0.29) is 12.1 Å². The van der Waals surface area contributed by atoms with Crippen LogP contribution in [0, 0.1) is 0 Å². The normalized spacial score (nSPS) is 12.2. The van der Waals surface area contributed by atoms with Gasteiger partial charge >= 0.3 is 5.97 Å². The van der Waals surface area contributed by atoms with E-state index in [4.69, 9.17) is 4.74 Å². The van der Waals surface area contributed by atoms with Crippen LogP contribution < -0.4 is 0 Å². The quantitative estimate of drug-likeness (QED) is 0.0530. The zero-order valence-electron chi connectivity index (χ0n) is 31.9. The lowest BCUT2D eigenvalue weighted by Crippen LogP contribution is -2.05. The first-order chi connectivity index (χ1) is 22.7. The van der Waals surface area contributed by atoms with Gasteiger partial charge in [-0.1, -0.05) is 226 Å². The standard InChI is InChI=1S/C43H86O3/c1-3-5-7-9-11-26-30-34-38-42(44)39-35-31-27-24-22-20-18-16-14-13-15-17-19-21-23-25-28-32-36-40-43(45)46-41-37-33-29-12-10-8-6-4-2/h42,44H,3-41H2,1-2H3. The first-order valence-electron chi connectivity index (χ1n) is 21.5. The summed E-state index contributed by atoms with van der Waals surface area (Å²) in [6.45, 7) is 5.16. The molecule has 0 saturated heterocycles. The SMILES string of the molecule is CCCCCCCCCCOC(=O)CCCCCCCCCCCCCCCCCCCCCC(O)CCCCCCCCCC. The number of aliphatic hydroxyl groups is 1. The summed E-state index contributed by atoms with van der Waals surface area (Å²) in [5, 5.41) is 10.2. The summed E-state index contributed by atoms with van der Waals surface area (Å²) in [4.78, 5) is 11.9. The topological polar surface area (TPSA) is 46.5 Å². The van der Waals surface area contributed by atoms with Crippen LogP contribution in [-0.2, 0) is 9.53 Å². The molecule has 0 aliphatic carbocycles. The minimum absolute atomic E-state index is 0.0189. The number of hydrogen-bond acceptors (Lipinski definition) is 3. The highest BCUT2D eigenvalue weighted by molar-refractivity contribution is 5.69. The van der Waals surface area contributed by atoms with Crippen molar-refractivity contribution in [2.45, 2.75) is 264 Å². The first-order valence-corrected chi connectivity index (χ1v) is 21.5. The molecule has 0 amide bonds. The highest BCUT2D eigenvalue weighted by Gasteiger charge is 2.05. The Labute approximate surface area is 290 Å². The molecule has 0 fully saturated rings. The number of unbranched alkanes of at least 4 members (excludes halogenated alkanes) is 32. The second-order valence-corrected chi connectivity index (χ2v) is 14.9. The molecule has 0 spiro atoms. The minimum atomic E-state index is -0.0472. The van der Waals surface area contributed by atoms with Crippen LogP contribution in [0.2, 0.25) is 0 Å². The molecule has 0 aromatic carbocycles. The maximum atomic E-state index is 11.9. The third kappa shape index (κ3) is 39.6. The Morgan fingerprint density at radius 3 is 0.978 bits per heavy atom.